The van der Waals surface area contributed by atoms with E-state index >= 15 is 0 Å². The van der Waals surface area contributed by atoms with Crippen molar-refractivity contribution in [1.29, 1.82) is 0 Å². The quantitative estimate of drug-likeness (QED) is 0.437. The van der Waals surface area contributed by atoms with Gasteiger partial charge >= 0.3 is 5.97 Å². The molecule has 4 rings (SSSR count). The lowest BCUT2D eigenvalue weighted by atomic mass is 9.44. The third-order valence-electron chi connectivity index (χ3n) is 9.55. The van der Waals surface area contributed by atoms with Crippen LogP contribution < -0.4 is 0 Å². The van der Waals surface area contributed by atoms with E-state index in [4.69, 9.17) is 4.74 Å². The highest BCUT2D eigenvalue weighted by molar-refractivity contribution is 5.66. The molecule has 0 aromatic carbocycles. The summed E-state index contributed by atoms with van der Waals surface area (Å²) in [4.78, 5) is 11.4. The van der Waals surface area contributed by atoms with E-state index in [0.29, 0.717) is 10.8 Å². The number of carbonyl (C=O) groups excluding carboxylic acids is 1. The zero-order chi connectivity index (χ0) is 18.7. The molecule has 4 saturated carbocycles. The van der Waals surface area contributed by atoms with Crippen LogP contribution >= 0.6 is 0 Å². The van der Waals surface area contributed by atoms with Crippen molar-refractivity contribution in [3.8, 4) is 0 Å². The fourth-order valence-electron chi connectivity index (χ4n) is 8.37. The molecule has 0 radical (unpaired) electrons. The van der Waals surface area contributed by atoms with Gasteiger partial charge in [-0.05, 0) is 105 Å². The molecule has 0 saturated heterocycles. The van der Waals surface area contributed by atoms with Gasteiger partial charge in [0, 0.05) is 6.92 Å². The number of fused-ring (bicyclic) bond motifs is 5. The van der Waals surface area contributed by atoms with Crippen molar-refractivity contribution in [2.45, 2.75) is 91.6 Å². The highest BCUT2D eigenvalue weighted by Crippen LogP contribution is 2.68. The van der Waals surface area contributed by atoms with Crippen LogP contribution in [0.15, 0.2) is 12.2 Å². The van der Waals surface area contributed by atoms with E-state index in [0.717, 1.165) is 42.4 Å². The van der Waals surface area contributed by atoms with Crippen LogP contribution in [0, 0.1) is 40.4 Å². The second-order valence-electron chi connectivity index (χ2n) is 10.7. The number of rotatable bonds is 2. The van der Waals surface area contributed by atoms with E-state index in [9.17, 15) is 4.79 Å². The summed E-state index contributed by atoms with van der Waals surface area (Å²) in [5.41, 5.74) is 2.41. The summed E-state index contributed by atoms with van der Waals surface area (Å²) >= 11 is 0. The molecular weight excluding hydrogens is 320 g/mol. The standard InChI is InChI=1S/C24H38O2/c1-15(2)20-8-9-21-19-7-6-17-14-18(26-16(3)25)10-12-23(17,4)22(19)11-13-24(20,21)5/h17-22H,1,6-14H2,2-5H3/t17?,18-,19+,20-,21+,22+,23+,24-/m1/s1. The lowest BCUT2D eigenvalue weighted by Gasteiger charge is -2.61. The summed E-state index contributed by atoms with van der Waals surface area (Å²) in [5, 5.41) is 0. The molecule has 0 N–H and O–H groups in total. The minimum absolute atomic E-state index is 0.0995. The molecule has 8 atom stereocenters. The summed E-state index contributed by atoms with van der Waals surface area (Å²) < 4.78 is 5.60. The Morgan fingerprint density at radius 3 is 2.31 bits per heavy atom. The maximum absolute atomic E-state index is 11.4. The van der Waals surface area contributed by atoms with E-state index < -0.39 is 0 Å². The van der Waals surface area contributed by atoms with E-state index in [2.05, 4.69) is 27.4 Å². The second kappa shape index (κ2) is 6.38. The number of esters is 1. The molecule has 4 aliphatic carbocycles. The molecular formula is C24H38O2. The van der Waals surface area contributed by atoms with Crippen molar-refractivity contribution < 1.29 is 9.53 Å². The Kier molecular flexibility index (Phi) is 4.56. The monoisotopic (exact) mass is 358 g/mol. The van der Waals surface area contributed by atoms with E-state index in [1.54, 1.807) is 6.92 Å². The Bertz CT molecular complexity index is 595. The van der Waals surface area contributed by atoms with E-state index in [-0.39, 0.29) is 12.1 Å². The predicted octanol–water partition coefficient (Wildman–Crippen LogP) is 6.15. The summed E-state index contributed by atoms with van der Waals surface area (Å²) in [6.45, 7) is 13.3. The van der Waals surface area contributed by atoms with Gasteiger partial charge in [-0.3, -0.25) is 4.79 Å². The molecule has 0 aromatic rings. The third-order valence-corrected chi connectivity index (χ3v) is 9.55. The Hall–Kier alpha value is -0.790. The Morgan fingerprint density at radius 1 is 0.923 bits per heavy atom. The Labute approximate surface area is 160 Å². The van der Waals surface area contributed by atoms with Gasteiger partial charge in [-0.25, -0.2) is 0 Å². The minimum Gasteiger partial charge on any atom is -0.463 e. The Balaban J connectivity index is 1.54. The van der Waals surface area contributed by atoms with Gasteiger partial charge in [0.2, 0.25) is 0 Å². The van der Waals surface area contributed by atoms with E-state index in [1.807, 2.05) is 0 Å². The molecule has 0 bridgehead atoms. The predicted molar refractivity (Wildman–Crippen MR) is 106 cm³/mol. The summed E-state index contributed by atoms with van der Waals surface area (Å²) in [6, 6.07) is 0. The third kappa shape index (κ3) is 2.69. The first-order valence-corrected chi connectivity index (χ1v) is 11.1. The summed E-state index contributed by atoms with van der Waals surface area (Å²) in [5.74, 6) is 4.12. The van der Waals surface area contributed by atoms with Crippen molar-refractivity contribution in [2.75, 3.05) is 0 Å². The zero-order valence-electron chi connectivity index (χ0n) is 17.4. The highest BCUT2D eigenvalue weighted by Gasteiger charge is 2.60. The number of allylic oxidation sites excluding steroid dienone is 1. The van der Waals surface area contributed by atoms with Crippen LogP contribution in [0.2, 0.25) is 0 Å². The Morgan fingerprint density at radius 2 is 1.62 bits per heavy atom. The van der Waals surface area contributed by atoms with Crippen LogP contribution in [0.1, 0.15) is 85.5 Å². The average molecular weight is 359 g/mol. The summed E-state index contributed by atoms with van der Waals surface area (Å²) in [6.07, 6.45) is 12.0. The van der Waals surface area contributed by atoms with Crippen molar-refractivity contribution in [3.05, 3.63) is 12.2 Å². The van der Waals surface area contributed by atoms with Gasteiger partial charge in [-0.2, -0.15) is 0 Å². The second-order valence-corrected chi connectivity index (χ2v) is 10.7. The average Bonchev–Trinajstić information content (AvgIpc) is 2.92. The van der Waals surface area contributed by atoms with Crippen molar-refractivity contribution >= 4 is 5.97 Å². The maximum Gasteiger partial charge on any atom is 0.302 e. The molecule has 26 heavy (non-hydrogen) atoms. The first-order chi connectivity index (χ1) is 12.3. The van der Waals surface area contributed by atoms with Gasteiger partial charge in [0.1, 0.15) is 6.10 Å². The minimum atomic E-state index is -0.0995. The molecule has 0 spiro atoms. The van der Waals surface area contributed by atoms with Gasteiger partial charge in [0.25, 0.3) is 0 Å². The lowest BCUT2D eigenvalue weighted by molar-refractivity contribution is -0.159. The topological polar surface area (TPSA) is 26.3 Å². The number of hydrogen-bond acceptors (Lipinski definition) is 2. The van der Waals surface area contributed by atoms with Crippen molar-refractivity contribution in [3.63, 3.8) is 0 Å². The first-order valence-electron chi connectivity index (χ1n) is 11.1. The molecule has 0 amide bonds. The number of hydrogen-bond donors (Lipinski definition) is 0. The largest absolute Gasteiger partial charge is 0.463 e. The molecule has 146 valence electrons. The number of ether oxygens (including phenoxy) is 1. The molecule has 2 heteroatoms. The normalized spacial score (nSPS) is 50.3. The number of carbonyl (C=O) groups is 1. The molecule has 2 nitrogen and oxygen atoms in total. The summed E-state index contributed by atoms with van der Waals surface area (Å²) in [7, 11) is 0. The molecule has 1 unspecified atom stereocenters. The van der Waals surface area contributed by atoms with Gasteiger partial charge in [0.15, 0.2) is 0 Å². The molecule has 0 heterocycles. The maximum atomic E-state index is 11.4. The van der Waals surface area contributed by atoms with Crippen LogP contribution in [-0.2, 0) is 9.53 Å². The SMILES string of the molecule is C=C(C)[C@H]1CC[C@H]2[C@@H]3CCC4C[C@H](OC(C)=O)CC[C@]4(C)[C@H]3CC[C@]12C. The van der Waals surface area contributed by atoms with Gasteiger partial charge in [0.05, 0.1) is 0 Å². The molecule has 4 fully saturated rings. The van der Waals surface area contributed by atoms with Gasteiger partial charge in [-0.15, -0.1) is 0 Å². The lowest BCUT2D eigenvalue weighted by Crippen LogP contribution is -2.54. The van der Waals surface area contributed by atoms with Crippen molar-refractivity contribution in [2.24, 2.45) is 40.4 Å². The van der Waals surface area contributed by atoms with Gasteiger partial charge in [-0.1, -0.05) is 26.0 Å². The smallest absolute Gasteiger partial charge is 0.302 e. The molecule has 0 aliphatic heterocycles. The van der Waals surface area contributed by atoms with Crippen molar-refractivity contribution in [1.82, 2.24) is 0 Å². The van der Waals surface area contributed by atoms with Crippen LogP contribution in [0.25, 0.3) is 0 Å². The van der Waals surface area contributed by atoms with Crippen LogP contribution in [-0.4, -0.2) is 12.1 Å². The van der Waals surface area contributed by atoms with E-state index in [1.165, 1.54) is 50.5 Å². The first kappa shape index (κ1) is 18.6. The van der Waals surface area contributed by atoms with Crippen LogP contribution in [0.4, 0.5) is 0 Å². The molecule has 4 aliphatic rings. The zero-order valence-corrected chi connectivity index (χ0v) is 17.4. The highest BCUT2D eigenvalue weighted by atomic mass is 16.5. The van der Waals surface area contributed by atoms with Crippen LogP contribution in [0.3, 0.4) is 0 Å². The fourth-order valence-corrected chi connectivity index (χ4v) is 8.37. The van der Waals surface area contributed by atoms with Gasteiger partial charge < -0.3 is 4.74 Å². The fraction of sp³-hybridized carbons (Fsp3) is 0.875. The molecule has 0 aromatic heterocycles. The van der Waals surface area contributed by atoms with Crippen LogP contribution in [0.5, 0.6) is 0 Å².